The molecular weight excluding hydrogens is 358 g/mol. The van der Waals surface area contributed by atoms with E-state index in [1.54, 1.807) is 17.1 Å². The average Bonchev–Trinajstić information content (AvgIpc) is 3.36. The zero-order valence-electron chi connectivity index (χ0n) is 13.7. The second-order valence-corrected chi connectivity index (χ2v) is 7.94. The molecule has 10 heteroatoms. The summed E-state index contributed by atoms with van der Waals surface area (Å²) < 4.78 is 25.2. The van der Waals surface area contributed by atoms with Crippen molar-refractivity contribution in [3.63, 3.8) is 0 Å². The van der Waals surface area contributed by atoms with E-state index >= 15 is 0 Å². The molecule has 2 N–H and O–H groups in total. The van der Waals surface area contributed by atoms with Crippen LogP contribution >= 0.6 is 0 Å². The molecule has 1 fully saturated rings. The third kappa shape index (κ3) is 3.80. The van der Waals surface area contributed by atoms with E-state index in [-0.39, 0.29) is 24.0 Å². The number of rotatable bonds is 3. The fourth-order valence-electron chi connectivity index (χ4n) is 2.92. The van der Waals surface area contributed by atoms with E-state index < -0.39 is 9.84 Å². The molecule has 0 bridgehead atoms. The maximum atomic E-state index is 11.7. The van der Waals surface area contributed by atoms with Gasteiger partial charge < -0.3 is 10.1 Å². The first-order valence-electron chi connectivity index (χ1n) is 7.82. The van der Waals surface area contributed by atoms with Crippen molar-refractivity contribution in [1.29, 1.82) is 0 Å². The Bertz CT molecular complexity index is 982. The summed E-state index contributed by atoms with van der Waals surface area (Å²) in [4.78, 5) is 20.0. The number of imidazole rings is 1. The van der Waals surface area contributed by atoms with E-state index in [9.17, 15) is 8.42 Å². The minimum absolute atomic E-state index is 0.126. The van der Waals surface area contributed by atoms with Crippen LogP contribution < -0.4 is 0 Å². The first-order chi connectivity index (χ1) is 12.5. The molecule has 2 aromatic heterocycles. The summed E-state index contributed by atoms with van der Waals surface area (Å²) in [5, 5.41) is 11.1. The first kappa shape index (κ1) is 17.8. The predicted octanol–water partition coefficient (Wildman–Crippen LogP) is 1.40. The quantitative estimate of drug-likeness (QED) is 0.661. The monoisotopic (exact) mass is 375 g/mol. The summed E-state index contributed by atoms with van der Waals surface area (Å²) >= 11 is 0. The van der Waals surface area contributed by atoms with Gasteiger partial charge in [0, 0.05) is 23.5 Å². The second-order valence-electron chi connectivity index (χ2n) is 5.71. The highest BCUT2D eigenvalue weighted by atomic mass is 32.2. The molecule has 0 aliphatic carbocycles. The summed E-state index contributed by atoms with van der Waals surface area (Å²) in [6.07, 6.45) is 5.53. The van der Waals surface area contributed by atoms with Crippen molar-refractivity contribution in [1.82, 2.24) is 24.7 Å². The number of hydrogen-bond donors (Lipinski definition) is 2. The molecule has 1 aliphatic heterocycles. The van der Waals surface area contributed by atoms with E-state index in [0.29, 0.717) is 12.2 Å². The number of sulfone groups is 1. The molecule has 0 amide bonds. The third-order valence-corrected chi connectivity index (χ3v) is 5.77. The van der Waals surface area contributed by atoms with E-state index in [4.69, 9.17) is 9.90 Å². The molecule has 136 valence electrons. The average molecular weight is 375 g/mol. The SMILES string of the molecule is O=CO.O=S1(=O)CCC(n2ncnc2-c2cccc(-c3ncc[nH]3)c2)C1. The van der Waals surface area contributed by atoms with Gasteiger partial charge in [-0.3, -0.25) is 4.79 Å². The van der Waals surface area contributed by atoms with Crippen molar-refractivity contribution < 1.29 is 18.3 Å². The van der Waals surface area contributed by atoms with Gasteiger partial charge in [-0.2, -0.15) is 5.10 Å². The van der Waals surface area contributed by atoms with Crippen molar-refractivity contribution in [2.75, 3.05) is 11.5 Å². The summed E-state index contributed by atoms with van der Waals surface area (Å²) in [7, 11) is -2.97. The highest BCUT2D eigenvalue weighted by molar-refractivity contribution is 7.91. The van der Waals surface area contributed by atoms with Crippen LogP contribution in [0.1, 0.15) is 12.5 Å². The van der Waals surface area contributed by atoms with Gasteiger partial charge in [0.25, 0.3) is 6.47 Å². The third-order valence-electron chi connectivity index (χ3n) is 4.02. The van der Waals surface area contributed by atoms with E-state index in [2.05, 4.69) is 20.1 Å². The number of H-pyrrole nitrogens is 1. The topological polar surface area (TPSA) is 131 Å². The van der Waals surface area contributed by atoms with Crippen molar-refractivity contribution in [3.8, 4) is 22.8 Å². The maximum Gasteiger partial charge on any atom is 0.290 e. The van der Waals surface area contributed by atoms with Gasteiger partial charge in [-0.1, -0.05) is 18.2 Å². The molecule has 0 radical (unpaired) electrons. The number of nitrogens with one attached hydrogen (secondary N) is 1. The Kier molecular flexibility index (Phi) is 5.12. The van der Waals surface area contributed by atoms with Gasteiger partial charge in [0.05, 0.1) is 17.5 Å². The molecule has 1 atom stereocenters. The molecule has 1 unspecified atom stereocenters. The summed E-state index contributed by atoms with van der Waals surface area (Å²) in [6, 6.07) is 7.66. The van der Waals surface area contributed by atoms with Crippen LogP contribution in [0.15, 0.2) is 43.0 Å². The fraction of sp³-hybridized carbons (Fsp3) is 0.250. The number of hydrogen-bond acceptors (Lipinski definition) is 6. The lowest BCUT2D eigenvalue weighted by atomic mass is 10.1. The Hall–Kier alpha value is -3.01. The molecule has 1 aliphatic rings. The lowest BCUT2D eigenvalue weighted by Crippen LogP contribution is -2.13. The Labute approximate surface area is 149 Å². The van der Waals surface area contributed by atoms with Gasteiger partial charge in [0.15, 0.2) is 15.7 Å². The van der Waals surface area contributed by atoms with E-state index in [0.717, 1.165) is 17.0 Å². The van der Waals surface area contributed by atoms with Crippen LogP contribution in [-0.4, -0.2) is 56.2 Å². The Balaban J connectivity index is 0.000000613. The molecule has 3 aromatic rings. The number of nitrogens with zero attached hydrogens (tertiary/aromatic N) is 4. The Morgan fingerprint density at radius 3 is 2.69 bits per heavy atom. The van der Waals surface area contributed by atoms with Crippen molar-refractivity contribution in [2.24, 2.45) is 0 Å². The lowest BCUT2D eigenvalue weighted by molar-refractivity contribution is -0.122. The number of carboxylic acid groups (broad SMARTS) is 1. The lowest BCUT2D eigenvalue weighted by Gasteiger charge is -2.12. The van der Waals surface area contributed by atoms with Crippen molar-refractivity contribution in [3.05, 3.63) is 43.0 Å². The van der Waals surface area contributed by atoms with E-state index in [1.165, 1.54) is 6.33 Å². The summed E-state index contributed by atoms with van der Waals surface area (Å²) in [5.74, 6) is 1.80. The van der Waals surface area contributed by atoms with Gasteiger partial charge in [0.1, 0.15) is 12.2 Å². The smallest absolute Gasteiger partial charge is 0.290 e. The highest BCUT2D eigenvalue weighted by Crippen LogP contribution is 2.29. The molecule has 0 spiro atoms. The molecule has 9 nitrogen and oxygen atoms in total. The largest absolute Gasteiger partial charge is 0.483 e. The molecule has 26 heavy (non-hydrogen) atoms. The van der Waals surface area contributed by atoms with Gasteiger partial charge in [-0.15, -0.1) is 0 Å². The normalized spacial score (nSPS) is 18.1. The van der Waals surface area contributed by atoms with Crippen LogP contribution in [-0.2, 0) is 14.6 Å². The molecule has 0 saturated carbocycles. The zero-order valence-corrected chi connectivity index (χ0v) is 14.5. The highest BCUT2D eigenvalue weighted by Gasteiger charge is 2.31. The van der Waals surface area contributed by atoms with Gasteiger partial charge >= 0.3 is 0 Å². The van der Waals surface area contributed by atoms with Crippen LogP contribution in [0.5, 0.6) is 0 Å². The minimum Gasteiger partial charge on any atom is -0.483 e. The molecule has 4 rings (SSSR count). The Morgan fingerprint density at radius 2 is 2.04 bits per heavy atom. The molecular formula is C16H17N5O4S. The number of carbonyl (C=O) groups is 1. The van der Waals surface area contributed by atoms with Crippen LogP contribution in [0, 0.1) is 0 Å². The minimum atomic E-state index is -2.97. The number of aromatic nitrogens is 5. The van der Waals surface area contributed by atoms with Gasteiger partial charge in [-0.25, -0.2) is 23.1 Å². The van der Waals surface area contributed by atoms with Gasteiger partial charge in [-0.05, 0) is 12.5 Å². The zero-order chi connectivity index (χ0) is 18.6. The molecule has 3 heterocycles. The van der Waals surface area contributed by atoms with Crippen LogP contribution in [0.25, 0.3) is 22.8 Å². The van der Waals surface area contributed by atoms with E-state index in [1.807, 2.05) is 24.3 Å². The second kappa shape index (κ2) is 7.48. The number of benzene rings is 1. The maximum absolute atomic E-state index is 11.7. The van der Waals surface area contributed by atoms with Gasteiger partial charge in [0.2, 0.25) is 0 Å². The first-order valence-corrected chi connectivity index (χ1v) is 9.64. The van der Waals surface area contributed by atoms with Crippen molar-refractivity contribution in [2.45, 2.75) is 12.5 Å². The number of aromatic amines is 1. The summed E-state index contributed by atoms with van der Waals surface area (Å²) in [5.41, 5.74) is 1.83. The predicted molar refractivity (Wildman–Crippen MR) is 94.0 cm³/mol. The van der Waals surface area contributed by atoms with Crippen molar-refractivity contribution >= 4 is 16.3 Å². The fourth-order valence-corrected chi connectivity index (χ4v) is 4.61. The van der Waals surface area contributed by atoms with Crippen LogP contribution in [0.4, 0.5) is 0 Å². The van der Waals surface area contributed by atoms with Crippen LogP contribution in [0.2, 0.25) is 0 Å². The summed E-state index contributed by atoms with van der Waals surface area (Å²) in [6.45, 7) is -0.250. The Morgan fingerprint density at radius 1 is 1.27 bits per heavy atom. The van der Waals surface area contributed by atoms with Crippen LogP contribution in [0.3, 0.4) is 0 Å². The molecule has 1 saturated heterocycles. The standard InChI is InChI=1S/C15H15N5O2S.CH2O2/c21-23(22)7-4-13(9-23)20-15(18-10-19-20)12-3-1-2-11(8-12)14-16-5-6-17-14;2-1-3/h1-3,5-6,8,10,13H,4,7,9H2,(H,16,17);1H,(H,2,3). The molecule has 1 aromatic carbocycles.